The molecule has 0 aromatic heterocycles. The average molecular weight is 262 g/mol. The van der Waals surface area contributed by atoms with E-state index in [-0.39, 0.29) is 6.04 Å². The van der Waals surface area contributed by atoms with Gasteiger partial charge in [-0.3, -0.25) is 4.90 Å². The van der Waals surface area contributed by atoms with E-state index in [1.807, 2.05) is 37.2 Å². The molecule has 2 aromatic rings. The third-order valence-electron chi connectivity index (χ3n) is 3.00. The van der Waals surface area contributed by atoms with Crippen molar-refractivity contribution in [3.63, 3.8) is 0 Å². The largest absolute Gasteiger partial charge is 0.399 e. The Morgan fingerprint density at radius 3 is 2.21 bits per heavy atom. The van der Waals surface area contributed by atoms with Crippen molar-refractivity contribution in [1.82, 2.24) is 4.90 Å². The first-order valence-corrected chi connectivity index (χ1v) is 5.96. The molecule has 2 rings (SSSR count). The van der Waals surface area contributed by atoms with E-state index in [0.717, 1.165) is 11.6 Å². The van der Waals surface area contributed by atoms with Gasteiger partial charge in [-0.25, -0.2) is 8.78 Å². The second kappa shape index (κ2) is 5.36. The Balaban J connectivity index is 2.48. The van der Waals surface area contributed by atoms with Gasteiger partial charge in [-0.05, 0) is 49.5 Å². The lowest BCUT2D eigenvalue weighted by atomic mass is 9.97. The first-order chi connectivity index (χ1) is 8.99. The number of nitrogens with zero attached hydrogens (tertiary/aromatic N) is 1. The molecule has 19 heavy (non-hydrogen) atoms. The molecule has 1 atom stereocenters. The minimum absolute atomic E-state index is 0.168. The normalized spacial score (nSPS) is 12.7. The Morgan fingerprint density at radius 2 is 1.63 bits per heavy atom. The molecule has 4 heteroatoms. The van der Waals surface area contributed by atoms with E-state index in [2.05, 4.69) is 0 Å². The highest BCUT2D eigenvalue weighted by Crippen LogP contribution is 2.28. The lowest BCUT2D eigenvalue weighted by molar-refractivity contribution is 0.340. The van der Waals surface area contributed by atoms with Gasteiger partial charge in [-0.2, -0.15) is 0 Å². The van der Waals surface area contributed by atoms with Gasteiger partial charge in [0.1, 0.15) is 0 Å². The number of anilines is 1. The molecule has 0 aliphatic carbocycles. The summed E-state index contributed by atoms with van der Waals surface area (Å²) in [4.78, 5) is 1.93. The maximum atomic E-state index is 13.4. The number of rotatable bonds is 3. The fraction of sp³-hybridized carbons (Fsp3) is 0.200. The van der Waals surface area contributed by atoms with Crippen LogP contribution in [0.15, 0.2) is 42.5 Å². The van der Waals surface area contributed by atoms with Gasteiger partial charge < -0.3 is 5.73 Å². The second-order valence-corrected chi connectivity index (χ2v) is 4.71. The third kappa shape index (κ3) is 2.90. The summed E-state index contributed by atoms with van der Waals surface area (Å²) in [6.45, 7) is 0. The van der Waals surface area contributed by atoms with Crippen LogP contribution in [0.2, 0.25) is 0 Å². The molecular formula is C15H16F2N2. The Bertz CT molecular complexity index is 582. The van der Waals surface area contributed by atoms with Crippen LogP contribution in [-0.2, 0) is 0 Å². The Kier molecular flexibility index (Phi) is 3.81. The zero-order valence-corrected chi connectivity index (χ0v) is 10.9. The Labute approximate surface area is 111 Å². The highest BCUT2D eigenvalue weighted by Gasteiger charge is 2.18. The van der Waals surface area contributed by atoms with Crippen LogP contribution in [0.1, 0.15) is 17.2 Å². The van der Waals surface area contributed by atoms with Gasteiger partial charge in [0.2, 0.25) is 0 Å². The van der Waals surface area contributed by atoms with Gasteiger partial charge in [0.05, 0.1) is 6.04 Å². The highest BCUT2D eigenvalue weighted by atomic mass is 19.2. The quantitative estimate of drug-likeness (QED) is 0.861. The number of benzene rings is 2. The molecular weight excluding hydrogens is 246 g/mol. The molecule has 0 aliphatic rings. The van der Waals surface area contributed by atoms with Gasteiger partial charge in [-0.1, -0.05) is 18.2 Å². The van der Waals surface area contributed by atoms with E-state index >= 15 is 0 Å². The molecule has 1 unspecified atom stereocenters. The number of hydrogen-bond donors (Lipinski definition) is 1. The molecule has 0 bridgehead atoms. The molecule has 0 heterocycles. The fourth-order valence-electron chi connectivity index (χ4n) is 2.20. The first-order valence-electron chi connectivity index (χ1n) is 5.96. The maximum Gasteiger partial charge on any atom is 0.159 e. The molecule has 0 saturated carbocycles. The summed E-state index contributed by atoms with van der Waals surface area (Å²) < 4.78 is 26.4. The summed E-state index contributed by atoms with van der Waals surface area (Å²) >= 11 is 0. The number of nitrogen functional groups attached to an aromatic ring is 1. The van der Waals surface area contributed by atoms with Gasteiger partial charge in [-0.15, -0.1) is 0 Å². The standard InChI is InChI=1S/C15H16F2N2/c1-19(2)15(10-4-3-5-12(18)8-10)11-6-7-13(16)14(17)9-11/h3-9,15H,18H2,1-2H3. The van der Waals surface area contributed by atoms with Crippen molar-refractivity contribution in [2.45, 2.75) is 6.04 Å². The smallest absolute Gasteiger partial charge is 0.159 e. The van der Waals surface area contributed by atoms with E-state index < -0.39 is 11.6 Å². The van der Waals surface area contributed by atoms with Crippen molar-refractivity contribution in [3.05, 3.63) is 65.2 Å². The molecule has 2 nitrogen and oxygen atoms in total. The molecule has 100 valence electrons. The average Bonchev–Trinajstić information content (AvgIpc) is 2.33. The topological polar surface area (TPSA) is 29.3 Å². The Hall–Kier alpha value is -1.94. The maximum absolute atomic E-state index is 13.4. The van der Waals surface area contributed by atoms with Gasteiger partial charge in [0.25, 0.3) is 0 Å². The summed E-state index contributed by atoms with van der Waals surface area (Å²) in [5, 5.41) is 0. The lowest BCUT2D eigenvalue weighted by Crippen LogP contribution is -2.21. The summed E-state index contributed by atoms with van der Waals surface area (Å²) in [6.07, 6.45) is 0. The molecule has 2 N–H and O–H groups in total. The van der Waals surface area contributed by atoms with Crippen LogP contribution in [0, 0.1) is 11.6 Å². The summed E-state index contributed by atoms with van der Waals surface area (Å²) in [6, 6.07) is 11.2. The molecule has 0 radical (unpaired) electrons. The lowest BCUT2D eigenvalue weighted by Gasteiger charge is -2.25. The SMILES string of the molecule is CN(C)C(c1cccc(N)c1)c1ccc(F)c(F)c1. The molecule has 2 aromatic carbocycles. The summed E-state index contributed by atoms with van der Waals surface area (Å²) in [5.41, 5.74) is 8.05. The minimum atomic E-state index is -0.840. The highest BCUT2D eigenvalue weighted by molar-refractivity contribution is 5.44. The van der Waals surface area contributed by atoms with Crippen LogP contribution in [0.5, 0.6) is 0 Å². The second-order valence-electron chi connectivity index (χ2n) is 4.71. The number of halogens is 2. The predicted octanol–water partition coefficient (Wildman–Crippen LogP) is 3.20. The van der Waals surface area contributed by atoms with Crippen molar-refractivity contribution in [1.29, 1.82) is 0 Å². The zero-order chi connectivity index (χ0) is 14.0. The van der Waals surface area contributed by atoms with Crippen molar-refractivity contribution < 1.29 is 8.78 Å². The van der Waals surface area contributed by atoms with E-state index in [9.17, 15) is 8.78 Å². The van der Waals surface area contributed by atoms with Crippen LogP contribution in [-0.4, -0.2) is 19.0 Å². The molecule has 0 amide bonds. The number of hydrogen-bond acceptors (Lipinski definition) is 2. The van der Waals surface area contributed by atoms with Gasteiger partial charge >= 0.3 is 0 Å². The van der Waals surface area contributed by atoms with Crippen molar-refractivity contribution in [2.75, 3.05) is 19.8 Å². The summed E-state index contributed by atoms with van der Waals surface area (Å²) in [5.74, 6) is -1.68. The van der Waals surface area contributed by atoms with E-state index in [1.54, 1.807) is 12.1 Å². The van der Waals surface area contributed by atoms with Crippen molar-refractivity contribution in [3.8, 4) is 0 Å². The monoisotopic (exact) mass is 262 g/mol. The van der Waals surface area contributed by atoms with Crippen molar-refractivity contribution in [2.24, 2.45) is 0 Å². The van der Waals surface area contributed by atoms with E-state index in [1.165, 1.54) is 6.07 Å². The molecule has 0 spiro atoms. The van der Waals surface area contributed by atoms with Crippen LogP contribution in [0.3, 0.4) is 0 Å². The molecule has 0 saturated heterocycles. The minimum Gasteiger partial charge on any atom is -0.399 e. The van der Waals surface area contributed by atoms with Gasteiger partial charge in [0, 0.05) is 5.69 Å². The fourth-order valence-corrected chi connectivity index (χ4v) is 2.20. The summed E-state index contributed by atoms with van der Waals surface area (Å²) in [7, 11) is 3.77. The number of nitrogens with two attached hydrogens (primary N) is 1. The van der Waals surface area contributed by atoms with E-state index in [4.69, 9.17) is 5.73 Å². The Morgan fingerprint density at radius 1 is 0.947 bits per heavy atom. The first kappa shape index (κ1) is 13.5. The van der Waals surface area contributed by atoms with Crippen LogP contribution in [0.25, 0.3) is 0 Å². The predicted molar refractivity (Wildman–Crippen MR) is 72.7 cm³/mol. The van der Waals surface area contributed by atoms with E-state index in [0.29, 0.717) is 11.3 Å². The van der Waals surface area contributed by atoms with Crippen LogP contribution >= 0.6 is 0 Å². The third-order valence-corrected chi connectivity index (χ3v) is 3.00. The van der Waals surface area contributed by atoms with Crippen molar-refractivity contribution >= 4 is 5.69 Å². The molecule has 0 aliphatic heterocycles. The van der Waals surface area contributed by atoms with Gasteiger partial charge in [0.15, 0.2) is 11.6 Å². The zero-order valence-electron chi connectivity index (χ0n) is 10.9. The molecule has 0 fully saturated rings. The van der Waals surface area contributed by atoms with Crippen LogP contribution in [0.4, 0.5) is 14.5 Å². The van der Waals surface area contributed by atoms with Crippen LogP contribution < -0.4 is 5.73 Å².